The maximum absolute atomic E-state index is 12.1. The zero-order chi connectivity index (χ0) is 17.1. The van der Waals surface area contributed by atoms with Crippen LogP contribution in [0, 0.1) is 0 Å². The van der Waals surface area contributed by atoms with Gasteiger partial charge in [0.1, 0.15) is 5.60 Å². The summed E-state index contributed by atoms with van der Waals surface area (Å²) >= 11 is 0. The Kier molecular flexibility index (Phi) is 5.94. The van der Waals surface area contributed by atoms with Gasteiger partial charge in [-0.3, -0.25) is 0 Å². The molecular weight excluding hydrogens is 316 g/mol. The lowest BCUT2D eigenvalue weighted by Crippen LogP contribution is -2.39. The van der Waals surface area contributed by atoms with Crippen LogP contribution in [0.1, 0.15) is 52.9 Å². The van der Waals surface area contributed by atoms with Gasteiger partial charge in [-0.25, -0.2) is 13.2 Å². The molecule has 1 amide bonds. The number of nitrogens with one attached hydrogen (secondary N) is 1. The van der Waals surface area contributed by atoms with Crippen molar-refractivity contribution in [2.24, 2.45) is 0 Å². The highest BCUT2D eigenvalue weighted by molar-refractivity contribution is 7.92. The Morgan fingerprint density at radius 3 is 2.52 bits per heavy atom. The molecule has 0 spiro atoms. The number of sulfone groups is 1. The third-order valence-electron chi connectivity index (χ3n) is 4.48. The number of hydrogen-bond acceptors (Lipinski definition) is 5. The third kappa shape index (κ3) is 5.64. The molecule has 2 rings (SSSR count). The van der Waals surface area contributed by atoms with Gasteiger partial charge < -0.3 is 15.0 Å². The smallest absolute Gasteiger partial charge is 0.410 e. The number of carbonyl (C=O) groups is 1. The zero-order valence-electron chi connectivity index (χ0n) is 14.5. The Balaban J connectivity index is 1.79. The fraction of sp³-hybridized carbons (Fsp3) is 0.938. The van der Waals surface area contributed by atoms with Crippen molar-refractivity contribution in [1.29, 1.82) is 0 Å². The molecule has 0 aromatic heterocycles. The van der Waals surface area contributed by atoms with Crippen LogP contribution in [0.15, 0.2) is 0 Å². The van der Waals surface area contributed by atoms with E-state index in [0.29, 0.717) is 25.4 Å². The third-order valence-corrected chi connectivity index (χ3v) is 6.75. The van der Waals surface area contributed by atoms with Gasteiger partial charge in [0, 0.05) is 25.7 Å². The van der Waals surface area contributed by atoms with Crippen LogP contribution < -0.4 is 5.32 Å². The van der Waals surface area contributed by atoms with E-state index in [2.05, 4.69) is 5.32 Å². The van der Waals surface area contributed by atoms with Gasteiger partial charge in [-0.15, -0.1) is 0 Å². The molecule has 2 saturated heterocycles. The molecule has 0 radical (unpaired) electrons. The predicted octanol–water partition coefficient (Wildman–Crippen LogP) is 1.94. The molecule has 7 heteroatoms. The van der Waals surface area contributed by atoms with Crippen LogP contribution in [0.4, 0.5) is 4.79 Å². The summed E-state index contributed by atoms with van der Waals surface area (Å²) in [4.78, 5) is 13.9. The summed E-state index contributed by atoms with van der Waals surface area (Å²) in [6.45, 7) is 7.51. The molecule has 2 aliphatic heterocycles. The molecule has 0 bridgehead atoms. The first-order valence-electron chi connectivity index (χ1n) is 8.60. The molecule has 2 heterocycles. The number of carbonyl (C=O) groups excluding carboxylic acids is 1. The Labute approximate surface area is 139 Å². The van der Waals surface area contributed by atoms with E-state index in [-0.39, 0.29) is 17.4 Å². The van der Waals surface area contributed by atoms with Gasteiger partial charge in [-0.1, -0.05) is 0 Å². The first-order chi connectivity index (χ1) is 10.7. The molecule has 0 aliphatic carbocycles. The fourth-order valence-electron chi connectivity index (χ4n) is 3.20. The second-order valence-corrected chi connectivity index (χ2v) is 10.0. The zero-order valence-corrected chi connectivity index (χ0v) is 15.3. The average molecular weight is 346 g/mol. The Bertz CT molecular complexity index is 513. The van der Waals surface area contributed by atoms with Gasteiger partial charge in [0.2, 0.25) is 0 Å². The highest BCUT2D eigenvalue weighted by atomic mass is 32.2. The van der Waals surface area contributed by atoms with Gasteiger partial charge in [-0.2, -0.15) is 0 Å². The van der Waals surface area contributed by atoms with E-state index in [1.54, 1.807) is 4.90 Å². The number of nitrogens with zero attached hydrogens (tertiary/aromatic N) is 1. The van der Waals surface area contributed by atoms with Crippen molar-refractivity contribution in [2.45, 2.75) is 69.8 Å². The molecule has 6 nitrogen and oxygen atoms in total. The number of likely N-dealkylation sites (tertiary alicyclic amines) is 1. The largest absolute Gasteiger partial charge is 0.444 e. The van der Waals surface area contributed by atoms with Crippen molar-refractivity contribution in [3.05, 3.63) is 0 Å². The van der Waals surface area contributed by atoms with Crippen LogP contribution in [-0.2, 0) is 14.6 Å². The molecule has 1 N–H and O–H groups in total. The van der Waals surface area contributed by atoms with Crippen molar-refractivity contribution < 1.29 is 17.9 Å². The quantitative estimate of drug-likeness (QED) is 0.845. The normalized spacial score (nSPS) is 28.4. The summed E-state index contributed by atoms with van der Waals surface area (Å²) in [5, 5.41) is 3.18. The molecule has 2 fully saturated rings. The van der Waals surface area contributed by atoms with E-state index in [4.69, 9.17) is 4.74 Å². The van der Waals surface area contributed by atoms with E-state index < -0.39 is 15.4 Å². The molecule has 2 aliphatic rings. The van der Waals surface area contributed by atoms with Crippen molar-refractivity contribution in [1.82, 2.24) is 10.2 Å². The van der Waals surface area contributed by atoms with Gasteiger partial charge in [0.25, 0.3) is 0 Å². The Morgan fingerprint density at radius 1 is 1.17 bits per heavy atom. The maximum Gasteiger partial charge on any atom is 0.410 e. The van der Waals surface area contributed by atoms with Crippen molar-refractivity contribution in [3.63, 3.8) is 0 Å². The van der Waals surface area contributed by atoms with Crippen LogP contribution >= 0.6 is 0 Å². The number of rotatable bonds is 3. The maximum atomic E-state index is 12.1. The predicted molar refractivity (Wildman–Crippen MR) is 90.3 cm³/mol. The minimum Gasteiger partial charge on any atom is -0.444 e. The van der Waals surface area contributed by atoms with E-state index in [1.807, 2.05) is 20.8 Å². The monoisotopic (exact) mass is 346 g/mol. The van der Waals surface area contributed by atoms with Crippen molar-refractivity contribution >= 4 is 15.9 Å². The molecule has 0 aromatic carbocycles. The molecule has 2 atom stereocenters. The van der Waals surface area contributed by atoms with Crippen molar-refractivity contribution in [2.75, 3.05) is 25.4 Å². The van der Waals surface area contributed by atoms with Crippen LogP contribution in [0.3, 0.4) is 0 Å². The Morgan fingerprint density at radius 2 is 1.91 bits per heavy atom. The Hall–Kier alpha value is -0.820. The lowest BCUT2D eigenvalue weighted by Gasteiger charge is -2.26. The topological polar surface area (TPSA) is 75.7 Å². The van der Waals surface area contributed by atoms with Crippen LogP contribution in [-0.4, -0.2) is 61.7 Å². The van der Waals surface area contributed by atoms with Crippen LogP contribution in [0.5, 0.6) is 0 Å². The first-order valence-corrected chi connectivity index (χ1v) is 10.3. The highest BCUT2D eigenvalue weighted by Gasteiger charge is 2.32. The minimum absolute atomic E-state index is 0.229. The van der Waals surface area contributed by atoms with E-state index in [9.17, 15) is 13.2 Å². The molecule has 23 heavy (non-hydrogen) atoms. The SMILES string of the molecule is CC(C)(C)OC(=O)N1CCCC(NCC2CCCS2(=O)=O)CC1. The van der Waals surface area contributed by atoms with Gasteiger partial charge in [-0.05, 0) is 52.9 Å². The lowest BCUT2D eigenvalue weighted by molar-refractivity contribution is 0.0256. The number of ether oxygens (including phenoxy) is 1. The summed E-state index contributed by atoms with van der Waals surface area (Å²) in [7, 11) is -2.89. The van der Waals surface area contributed by atoms with E-state index in [0.717, 1.165) is 32.1 Å². The minimum atomic E-state index is -2.89. The van der Waals surface area contributed by atoms with E-state index >= 15 is 0 Å². The highest BCUT2D eigenvalue weighted by Crippen LogP contribution is 2.20. The first kappa shape index (κ1) is 18.5. The van der Waals surface area contributed by atoms with Crippen LogP contribution in [0.2, 0.25) is 0 Å². The summed E-state index contributed by atoms with van der Waals surface area (Å²) in [5.74, 6) is 0.330. The fourth-order valence-corrected chi connectivity index (χ4v) is 4.97. The molecule has 0 saturated carbocycles. The molecular formula is C16H30N2O4S. The van der Waals surface area contributed by atoms with Crippen molar-refractivity contribution in [3.8, 4) is 0 Å². The van der Waals surface area contributed by atoms with Gasteiger partial charge in [0.15, 0.2) is 9.84 Å². The number of amides is 1. The lowest BCUT2D eigenvalue weighted by atomic mass is 10.1. The summed E-state index contributed by atoms with van der Waals surface area (Å²) in [5.41, 5.74) is -0.474. The summed E-state index contributed by atoms with van der Waals surface area (Å²) < 4.78 is 29.2. The standard InChI is InChI=1S/C16H30N2O4S/c1-16(2,3)22-15(19)18-9-4-6-13(8-10-18)17-12-14-7-5-11-23(14,20)21/h13-14,17H,4-12H2,1-3H3. The van der Waals surface area contributed by atoms with E-state index in [1.165, 1.54) is 0 Å². The molecule has 2 unspecified atom stereocenters. The van der Waals surface area contributed by atoms with Crippen LogP contribution in [0.25, 0.3) is 0 Å². The number of hydrogen-bond donors (Lipinski definition) is 1. The van der Waals surface area contributed by atoms with Gasteiger partial charge in [0.05, 0.1) is 11.0 Å². The average Bonchev–Trinajstić information content (AvgIpc) is 2.62. The summed E-state index contributed by atoms with van der Waals surface area (Å²) in [6.07, 6.45) is 4.01. The van der Waals surface area contributed by atoms with Gasteiger partial charge >= 0.3 is 6.09 Å². The second-order valence-electron chi connectivity index (χ2n) is 7.63. The second kappa shape index (κ2) is 7.38. The molecule has 0 aromatic rings. The summed E-state index contributed by atoms with van der Waals surface area (Å²) in [6, 6.07) is 0.276. The molecule has 134 valence electrons.